The fourth-order valence-corrected chi connectivity index (χ4v) is 3.22. The summed E-state index contributed by atoms with van der Waals surface area (Å²) in [4.78, 5) is 0. The highest BCUT2D eigenvalue weighted by Gasteiger charge is 2.24. The first-order valence-electron chi connectivity index (χ1n) is 7.70. The number of benzene rings is 1. The molecule has 0 unspecified atom stereocenters. The quantitative estimate of drug-likeness (QED) is 0.704. The first-order valence-corrected chi connectivity index (χ1v) is 8.92. The number of hydrogen-bond donors (Lipinski definition) is 1. The van der Waals surface area contributed by atoms with E-state index in [1.807, 2.05) is 24.8 Å². The van der Waals surface area contributed by atoms with Gasteiger partial charge in [-0.25, -0.2) is 0 Å². The third-order valence-corrected chi connectivity index (χ3v) is 5.61. The van der Waals surface area contributed by atoms with E-state index in [-0.39, 0.29) is 0 Å². The van der Waals surface area contributed by atoms with Crippen LogP contribution in [-0.2, 0) is 6.54 Å². The number of thioether (sulfide) groups is 1. The minimum Gasteiger partial charge on any atom is -0.493 e. The Bertz CT molecular complexity index is 411. The Kier molecular flexibility index (Phi) is 7.97. The standard InChI is InChI=1S/C17H29NO2S/c1-6-17(7-2,21-5)13-18-12-14-9-10-15(19-4)16(11-14)20-8-3/h9-11,18H,6-8,12-13H2,1-5H3. The second-order valence-corrected chi connectivity index (χ2v) is 6.39. The Morgan fingerprint density at radius 2 is 1.86 bits per heavy atom. The monoisotopic (exact) mass is 311 g/mol. The summed E-state index contributed by atoms with van der Waals surface area (Å²) >= 11 is 1.96. The normalized spacial score (nSPS) is 11.5. The Balaban J connectivity index is 2.65. The molecule has 4 heteroatoms. The Morgan fingerprint density at radius 1 is 1.14 bits per heavy atom. The van der Waals surface area contributed by atoms with Gasteiger partial charge >= 0.3 is 0 Å². The molecule has 0 heterocycles. The molecule has 1 rings (SSSR count). The maximum absolute atomic E-state index is 5.62. The van der Waals surface area contributed by atoms with Gasteiger partial charge in [-0.1, -0.05) is 19.9 Å². The Labute approximate surface area is 133 Å². The molecule has 0 saturated carbocycles. The van der Waals surface area contributed by atoms with Gasteiger partial charge in [0.25, 0.3) is 0 Å². The van der Waals surface area contributed by atoms with Gasteiger partial charge in [0.05, 0.1) is 13.7 Å². The van der Waals surface area contributed by atoms with Crippen LogP contribution in [0.2, 0.25) is 0 Å². The van der Waals surface area contributed by atoms with E-state index in [1.165, 1.54) is 18.4 Å². The number of nitrogens with one attached hydrogen (secondary N) is 1. The maximum atomic E-state index is 5.62. The largest absolute Gasteiger partial charge is 0.493 e. The first-order chi connectivity index (χ1) is 10.1. The van der Waals surface area contributed by atoms with Crippen LogP contribution in [-0.4, -0.2) is 31.3 Å². The zero-order valence-electron chi connectivity index (χ0n) is 14.0. The minimum atomic E-state index is 0.342. The SMILES string of the molecule is CCOc1cc(CNCC(CC)(CC)SC)ccc1OC. The molecule has 3 nitrogen and oxygen atoms in total. The molecule has 0 aliphatic heterocycles. The van der Waals surface area contributed by atoms with E-state index in [9.17, 15) is 0 Å². The molecule has 0 saturated heterocycles. The first kappa shape index (κ1) is 18.2. The van der Waals surface area contributed by atoms with Crippen molar-refractivity contribution in [1.29, 1.82) is 0 Å². The summed E-state index contributed by atoms with van der Waals surface area (Å²) in [6.45, 7) is 9.04. The Morgan fingerprint density at radius 3 is 2.38 bits per heavy atom. The van der Waals surface area contributed by atoms with Gasteiger partial charge in [0.1, 0.15) is 0 Å². The summed E-state index contributed by atoms with van der Waals surface area (Å²) in [5.41, 5.74) is 1.22. The predicted octanol–water partition coefficient (Wildman–Crippen LogP) is 4.11. The van der Waals surface area contributed by atoms with Gasteiger partial charge in [0.15, 0.2) is 11.5 Å². The lowest BCUT2D eigenvalue weighted by Crippen LogP contribution is -2.36. The van der Waals surface area contributed by atoms with Crippen LogP contribution >= 0.6 is 11.8 Å². The zero-order chi connectivity index (χ0) is 15.7. The van der Waals surface area contributed by atoms with Crippen LogP contribution < -0.4 is 14.8 Å². The van der Waals surface area contributed by atoms with Crippen LogP contribution in [0, 0.1) is 0 Å². The molecule has 0 fully saturated rings. The van der Waals surface area contributed by atoms with Crippen molar-refractivity contribution in [3.05, 3.63) is 23.8 Å². The van der Waals surface area contributed by atoms with Crippen LogP contribution in [0.5, 0.6) is 11.5 Å². The third-order valence-electron chi connectivity index (χ3n) is 4.03. The molecule has 0 spiro atoms. The van der Waals surface area contributed by atoms with E-state index in [0.29, 0.717) is 11.4 Å². The summed E-state index contributed by atoms with van der Waals surface area (Å²) in [6, 6.07) is 6.13. The van der Waals surface area contributed by atoms with Crippen molar-refractivity contribution >= 4 is 11.8 Å². The molecule has 0 aliphatic carbocycles. The van der Waals surface area contributed by atoms with Crippen molar-refractivity contribution in [2.24, 2.45) is 0 Å². The third kappa shape index (κ3) is 5.11. The number of ether oxygens (including phenoxy) is 2. The molecule has 0 radical (unpaired) electrons. The van der Waals surface area contributed by atoms with Crippen LogP contribution in [0.25, 0.3) is 0 Å². The predicted molar refractivity (Wildman–Crippen MR) is 92.7 cm³/mol. The fraction of sp³-hybridized carbons (Fsp3) is 0.647. The molecule has 1 N–H and O–H groups in total. The highest BCUT2D eigenvalue weighted by molar-refractivity contribution is 8.00. The molecule has 120 valence electrons. The lowest BCUT2D eigenvalue weighted by Gasteiger charge is -2.30. The van der Waals surface area contributed by atoms with Gasteiger partial charge in [0, 0.05) is 17.8 Å². The minimum absolute atomic E-state index is 0.342. The molecule has 0 aromatic heterocycles. The number of hydrogen-bond acceptors (Lipinski definition) is 4. The summed E-state index contributed by atoms with van der Waals surface area (Å²) in [5.74, 6) is 1.61. The van der Waals surface area contributed by atoms with Crippen molar-refractivity contribution in [3.63, 3.8) is 0 Å². The molecule has 0 amide bonds. The highest BCUT2D eigenvalue weighted by atomic mass is 32.2. The van der Waals surface area contributed by atoms with Crippen LogP contribution in [0.1, 0.15) is 39.2 Å². The van der Waals surface area contributed by atoms with Gasteiger partial charge < -0.3 is 14.8 Å². The van der Waals surface area contributed by atoms with E-state index < -0.39 is 0 Å². The summed E-state index contributed by atoms with van der Waals surface area (Å²) in [6.07, 6.45) is 4.57. The lowest BCUT2D eigenvalue weighted by atomic mass is 10.0. The zero-order valence-corrected chi connectivity index (χ0v) is 14.8. The smallest absolute Gasteiger partial charge is 0.161 e. The molecule has 21 heavy (non-hydrogen) atoms. The topological polar surface area (TPSA) is 30.5 Å². The second-order valence-electron chi connectivity index (χ2n) is 5.12. The van der Waals surface area contributed by atoms with Gasteiger partial charge in [-0.3, -0.25) is 0 Å². The van der Waals surface area contributed by atoms with Crippen LogP contribution in [0.4, 0.5) is 0 Å². The number of rotatable bonds is 10. The van der Waals surface area contributed by atoms with Gasteiger partial charge in [-0.05, 0) is 43.7 Å². The van der Waals surface area contributed by atoms with E-state index in [0.717, 1.165) is 24.6 Å². The Hall–Kier alpha value is -0.870. The molecule has 0 atom stereocenters. The average molecular weight is 311 g/mol. The molecular formula is C17H29NO2S. The molecule has 1 aromatic carbocycles. The molecule has 0 aliphatic rings. The van der Waals surface area contributed by atoms with Gasteiger partial charge in [-0.15, -0.1) is 0 Å². The fourth-order valence-electron chi connectivity index (χ4n) is 2.39. The van der Waals surface area contributed by atoms with Crippen LogP contribution in [0.15, 0.2) is 18.2 Å². The van der Waals surface area contributed by atoms with E-state index >= 15 is 0 Å². The van der Waals surface area contributed by atoms with E-state index in [1.54, 1.807) is 7.11 Å². The van der Waals surface area contributed by atoms with E-state index in [4.69, 9.17) is 9.47 Å². The van der Waals surface area contributed by atoms with E-state index in [2.05, 4.69) is 37.6 Å². The second kappa shape index (κ2) is 9.21. The lowest BCUT2D eigenvalue weighted by molar-refractivity contribution is 0.310. The van der Waals surface area contributed by atoms with Crippen molar-refractivity contribution in [3.8, 4) is 11.5 Å². The van der Waals surface area contributed by atoms with Crippen LogP contribution in [0.3, 0.4) is 0 Å². The summed E-state index contributed by atoms with van der Waals surface area (Å²) in [5, 5.41) is 3.58. The number of methoxy groups -OCH3 is 1. The maximum Gasteiger partial charge on any atom is 0.161 e. The molecule has 1 aromatic rings. The van der Waals surface area contributed by atoms with Crippen molar-refractivity contribution in [2.75, 3.05) is 26.5 Å². The highest BCUT2D eigenvalue weighted by Crippen LogP contribution is 2.30. The molecule has 0 bridgehead atoms. The van der Waals surface area contributed by atoms with Crippen molar-refractivity contribution in [2.45, 2.75) is 44.9 Å². The average Bonchev–Trinajstić information content (AvgIpc) is 2.53. The summed E-state index contributed by atoms with van der Waals surface area (Å²) < 4.78 is 11.3. The van der Waals surface area contributed by atoms with Gasteiger partial charge in [-0.2, -0.15) is 11.8 Å². The summed E-state index contributed by atoms with van der Waals surface area (Å²) in [7, 11) is 1.67. The van der Waals surface area contributed by atoms with Gasteiger partial charge in [0.2, 0.25) is 0 Å². The van der Waals surface area contributed by atoms with Crippen molar-refractivity contribution < 1.29 is 9.47 Å². The van der Waals surface area contributed by atoms with Crippen molar-refractivity contribution in [1.82, 2.24) is 5.32 Å². The molecular weight excluding hydrogens is 282 g/mol.